The van der Waals surface area contributed by atoms with Crippen LogP contribution in [0.2, 0.25) is 0 Å². The third-order valence-electron chi connectivity index (χ3n) is 11.7. The molecule has 4 heteroatoms. The molecule has 270 valence electrons. The summed E-state index contributed by atoms with van der Waals surface area (Å²) in [6.07, 6.45) is 0. The van der Waals surface area contributed by atoms with Gasteiger partial charge in [-0.2, -0.15) is 0 Å². The highest BCUT2D eigenvalue weighted by Gasteiger charge is 2.23. The lowest BCUT2D eigenvalue weighted by Crippen LogP contribution is -2.01. The monoisotopic (exact) mass is 738 g/mol. The van der Waals surface area contributed by atoms with E-state index in [0.29, 0.717) is 5.82 Å². The maximum absolute atomic E-state index is 5.33. The van der Waals surface area contributed by atoms with Gasteiger partial charge in [0.05, 0.1) is 44.8 Å². The number of hydrogen-bond donors (Lipinski definition) is 0. The van der Waals surface area contributed by atoms with Crippen LogP contribution in [0.15, 0.2) is 206 Å². The van der Waals surface area contributed by atoms with Gasteiger partial charge in [-0.05, 0) is 58.6 Å². The molecule has 0 amide bonds. The molecule has 9 aromatic carbocycles. The minimum Gasteiger partial charge on any atom is -0.309 e. The van der Waals surface area contributed by atoms with Crippen LogP contribution in [-0.4, -0.2) is 19.1 Å². The molecular formula is C54H34N4. The van der Waals surface area contributed by atoms with Gasteiger partial charge in [0, 0.05) is 43.6 Å². The number of aromatic nitrogens is 4. The molecule has 3 heterocycles. The highest BCUT2D eigenvalue weighted by molar-refractivity contribution is 6.29. The lowest BCUT2D eigenvalue weighted by molar-refractivity contribution is 1.15. The fourth-order valence-electron chi connectivity index (χ4n) is 9.21. The van der Waals surface area contributed by atoms with Crippen LogP contribution in [0.1, 0.15) is 0 Å². The first-order valence-electron chi connectivity index (χ1n) is 19.8. The Hall–Kier alpha value is -7.82. The van der Waals surface area contributed by atoms with E-state index in [1.54, 1.807) is 0 Å². The molecule has 0 saturated carbocycles. The largest absolute Gasteiger partial charge is 0.309 e. The van der Waals surface area contributed by atoms with Crippen LogP contribution in [0.25, 0.3) is 110 Å². The second-order valence-corrected chi connectivity index (χ2v) is 14.9. The molecule has 0 N–H and O–H groups in total. The summed E-state index contributed by atoms with van der Waals surface area (Å²) in [4.78, 5) is 10.6. The molecule has 0 bridgehead atoms. The Morgan fingerprint density at radius 2 is 0.776 bits per heavy atom. The van der Waals surface area contributed by atoms with Gasteiger partial charge in [-0.25, -0.2) is 9.97 Å². The summed E-state index contributed by atoms with van der Waals surface area (Å²) < 4.78 is 4.89. The molecule has 0 aliphatic rings. The minimum absolute atomic E-state index is 0.695. The number of rotatable bonds is 5. The summed E-state index contributed by atoms with van der Waals surface area (Å²) in [5.41, 5.74) is 11.8. The van der Waals surface area contributed by atoms with Gasteiger partial charge in [0.2, 0.25) is 0 Å². The van der Waals surface area contributed by atoms with Crippen molar-refractivity contribution in [1.29, 1.82) is 0 Å². The summed E-state index contributed by atoms with van der Waals surface area (Å²) in [7, 11) is 0. The lowest BCUT2D eigenvalue weighted by atomic mass is 10.00. The molecule has 0 fully saturated rings. The Bertz CT molecular complexity index is 3560. The van der Waals surface area contributed by atoms with Gasteiger partial charge in [-0.15, -0.1) is 0 Å². The third kappa shape index (κ3) is 4.88. The molecule has 3 aromatic heterocycles. The number of benzene rings is 9. The SMILES string of the molecule is c1ccc(-c2nc(-c3ccccc3-n3c4ccccc4c4c5c6ccccc6n(-c6cccc7ccccc67)c5ccc43)cc(-c3cccc4ccccc34)n2)cc1. The number of para-hydroxylation sites is 3. The van der Waals surface area contributed by atoms with Crippen molar-refractivity contribution in [2.45, 2.75) is 0 Å². The molecule has 0 radical (unpaired) electrons. The molecule has 0 unspecified atom stereocenters. The average molecular weight is 739 g/mol. The zero-order valence-corrected chi connectivity index (χ0v) is 31.4. The summed E-state index contributed by atoms with van der Waals surface area (Å²) in [5, 5.41) is 9.73. The molecule has 0 saturated heterocycles. The van der Waals surface area contributed by atoms with Gasteiger partial charge in [0.15, 0.2) is 5.82 Å². The summed E-state index contributed by atoms with van der Waals surface area (Å²) in [6, 6.07) is 73.7. The highest BCUT2D eigenvalue weighted by Crippen LogP contribution is 2.44. The van der Waals surface area contributed by atoms with Crippen molar-refractivity contribution in [3.8, 4) is 45.3 Å². The van der Waals surface area contributed by atoms with E-state index in [0.717, 1.165) is 50.2 Å². The van der Waals surface area contributed by atoms with Gasteiger partial charge in [-0.3, -0.25) is 0 Å². The first kappa shape index (κ1) is 32.4. The van der Waals surface area contributed by atoms with Gasteiger partial charge in [0.25, 0.3) is 0 Å². The Balaban J connectivity index is 1.15. The maximum atomic E-state index is 5.33. The number of fused-ring (bicyclic) bond motifs is 9. The maximum Gasteiger partial charge on any atom is 0.160 e. The smallest absolute Gasteiger partial charge is 0.160 e. The van der Waals surface area contributed by atoms with Gasteiger partial charge in [-0.1, -0.05) is 164 Å². The first-order valence-corrected chi connectivity index (χ1v) is 19.8. The molecule has 4 nitrogen and oxygen atoms in total. The van der Waals surface area contributed by atoms with E-state index in [-0.39, 0.29) is 0 Å². The molecule has 0 aliphatic carbocycles. The van der Waals surface area contributed by atoms with Crippen molar-refractivity contribution in [3.05, 3.63) is 206 Å². The normalized spacial score (nSPS) is 11.8. The van der Waals surface area contributed by atoms with Gasteiger partial charge < -0.3 is 9.13 Å². The summed E-state index contributed by atoms with van der Waals surface area (Å²) in [6.45, 7) is 0. The highest BCUT2D eigenvalue weighted by atomic mass is 15.0. The molecule has 0 spiro atoms. The molecule has 58 heavy (non-hydrogen) atoms. The zero-order chi connectivity index (χ0) is 38.2. The second-order valence-electron chi connectivity index (χ2n) is 14.9. The van der Waals surface area contributed by atoms with Crippen molar-refractivity contribution < 1.29 is 0 Å². The third-order valence-corrected chi connectivity index (χ3v) is 11.7. The van der Waals surface area contributed by atoms with E-state index >= 15 is 0 Å². The van der Waals surface area contributed by atoms with Crippen molar-refractivity contribution >= 4 is 65.2 Å². The van der Waals surface area contributed by atoms with Crippen LogP contribution < -0.4 is 0 Å². The minimum atomic E-state index is 0.695. The van der Waals surface area contributed by atoms with Crippen LogP contribution in [0.4, 0.5) is 0 Å². The molecule has 0 atom stereocenters. The molecule has 0 aliphatic heterocycles. The fraction of sp³-hybridized carbons (Fsp3) is 0. The van der Waals surface area contributed by atoms with E-state index in [1.807, 2.05) is 18.2 Å². The number of hydrogen-bond acceptors (Lipinski definition) is 2. The van der Waals surface area contributed by atoms with Gasteiger partial charge in [0.1, 0.15) is 0 Å². The zero-order valence-electron chi connectivity index (χ0n) is 31.4. The van der Waals surface area contributed by atoms with Crippen LogP contribution in [-0.2, 0) is 0 Å². The quantitative estimate of drug-likeness (QED) is 0.176. The van der Waals surface area contributed by atoms with Crippen molar-refractivity contribution in [2.24, 2.45) is 0 Å². The van der Waals surface area contributed by atoms with Gasteiger partial charge >= 0.3 is 0 Å². The van der Waals surface area contributed by atoms with E-state index < -0.39 is 0 Å². The molecular weight excluding hydrogens is 705 g/mol. The standard InChI is InChI=1S/C54H34N4/c1-2-18-37(19-3-1)54-55-44(40-27-14-20-35-16-4-6-22-38(35)40)34-45(56-54)41-24-8-11-28-47(41)58-49-30-13-10-26-43(49)53-51(58)33-32-50-52(53)42-25-9-12-29-48(42)57(50)46-31-15-21-36-17-5-7-23-39(36)46/h1-34H. The Labute approximate surface area is 334 Å². The van der Waals surface area contributed by atoms with Crippen molar-refractivity contribution in [2.75, 3.05) is 0 Å². The topological polar surface area (TPSA) is 35.6 Å². The fourth-order valence-corrected chi connectivity index (χ4v) is 9.21. The Morgan fingerprint density at radius 1 is 0.310 bits per heavy atom. The van der Waals surface area contributed by atoms with Crippen LogP contribution >= 0.6 is 0 Å². The summed E-state index contributed by atoms with van der Waals surface area (Å²) in [5.74, 6) is 0.695. The van der Waals surface area contributed by atoms with E-state index in [4.69, 9.17) is 9.97 Å². The van der Waals surface area contributed by atoms with Crippen LogP contribution in [0.5, 0.6) is 0 Å². The second kappa shape index (κ2) is 12.9. The molecule has 12 aromatic rings. The summed E-state index contributed by atoms with van der Waals surface area (Å²) >= 11 is 0. The molecule has 12 rings (SSSR count). The Kier molecular flexibility index (Phi) is 7.20. The van der Waals surface area contributed by atoms with Crippen LogP contribution in [0, 0.1) is 0 Å². The Morgan fingerprint density at radius 3 is 1.48 bits per heavy atom. The predicted molar refractivity (Wildman–Crippen MR) is 242 cm³/mol. The lowest BCUT2D eigenvalue weighted by Gasteiger charge is -2.16. The predicted octanol–water partition coefficient (Wildman–Crippen LogP) is 14.0. The van der Waals surface area contributed by atoms with E-state index in [2.05, 4.69) is 197 Å². The van der Waals surface area contributed by atoms with Crippen molar-refractivity contribution in [3.63, 3.8) is 0 Å². The van der Waals surface area contributed by atoms with E-state index in [9.17, 15) is 0 Å². The van der Waals surface area contributed by atoms with Crippen LogP contribution in [0.3, 0.4) is 0 Å². The average Bonchev–Trinajstić information content (AvgIpc) is 3.81. The van der Waals surface area contributed by atoms with E-state index in [1.165, 1.54) is 54.4 Å². The first-order chi connectivity index (χ1) is 28.8. The van der Waals surface area contributed by atoms with Crippen molar-refractivity contribution in [1.82, 2.24) is 19.1 Å². The number of nitrogens with zero attached hydrogens (tertiary/aromatic N) is 4.